The van der Waals surface area contributed by atoms with Crippen LogP contribution in [0.1, 0.15) is 26.2 Å². The largest absolute Gasteiger partial charge is 0.354 e. The van der Waals surface area contributed by atoms with Gasteiger partial charge < -0.3 is 15.2 Å². The minimum Gasteiger partial charge on any atom is -0.354 e. The first-order chi connectivity index (χ1) is 10.6. The number of nitrogens with zero attached hydrogens (tertiary/aromatic N) is 3. The first kappa shape index (κ1) is 19.7. The van der Waals surface area contributed by atoms with E-state index >= 15 is 0 Å². The summed E-state index contributed by atoms with van der Waals surface area (Å²) in [7, 11) is 1.73. The zero-order valence-corrected chi connectivity index (χ0v) is 16.4. The average Bonchev–Trinajstić information content (AvgIpc) is 3.00. The maximum absolute atomic E-state index is 5.86. The highest BCUT2D eigenvalue weighted by Gasteiger charge is 2.09. The molecule has 0 amide bonds. The van der Waals surface area contributed by atoms with E-state index in [1.54, 1.807) is 19.2 Å². The van der Waals surface area contributed by atoms with E-state index in [0.29, 0.717) is 35.3 Å². The fourth-order valence-corrected chi connectivity index (χ4v) is 1.86. The summed E-state index contributed by atoms with van der Waals surface area (Å²) >= 11 is 5.86. The van der Waals surface area contributed by atoms with Crippen molar-refractivity contribution in [1.82, 2.24) is 20.8 Å². The Bertz CT molecular complexity index is 629. The molecule has 1 heterocycles. The molecule has 1 unspecified atom stereocenters. The van der Waals surface area contributed by atoms with Crippen LogP contribution in [0.15, 0.2) is 33.8 Å². The van der Waals surface area contributed by atoms with Crippen molar-refractivity contribution in [2.45, 2.75) is 32.9 Å². The zero-order valence-electron chi connectivity index (χ0n) is 13.3. The second kappa shape index (κ2) is 9.71. The Morgan fingerprint density at radius 2 is 2.04 bits per heavy atom. The van der Waals surface area contributed by atoms with Crippen molar-refractivity contribution in [1.29, 1.82) is 0 Å². The molecular formula is C15H21ClIN5O. The van der Waals surface area contributed by atoms with Crippen LogP contribution in [0.4, 0.5) is 0 Å². The SMILES string of the molecule is CCC(C)NC(=NC)NCc1nc(-c2ccc(Cl)cc2)no1.I. The van der Waals surface area contributed by atoms with Crippen molar-refractivity contribution < 1.29 is 4.52 Å². The summed E-state index contributed by atoms with van der Waals surface area (Å²) < 4.78 is 5.24. The molecule has 1 atom stereocenters. The topological polar surface area (TPSA) is 75.3 Å². The predicted octanol–water partition coefficient (Wildman–Crippen LogP) is 3.47. The molecule has 6 nitrogen and oxygen atoms in total. The number of rotatable bonds is 5. The second-order valence-corrected chi connectivity index (χ2v) is 5.33. The highest BCUT2D eigenvalue weighted by Crippen LogP contribution is 2.18. The number of hydrogen-bond donors (Lipinski definition) is 2. The van der Waals surface area contributed by atoms with Crippen LogP contribution >= 0.6 is 35.6 Å². The van der Waals surface area contributed by atoms with Gasteiger partial charge in [0.25, 0.3) is 0 Å². The number of nitrogens with one attached hydrogen (secondary N) is 2. The van der Waals surface area contributed by atoms with E-state index in [0.717, 1.165) is 12.0 Å². The van der Waals surface area contributed by atoms with Gasteiger partial charge in [-0.2, -0.15) is 4.98 Å². The Balaban J connectivity index is 0.00000264. The zero-order chi connectivity index (χ0) is 15.9. The highest BCUT2D eigenvalue weighted by molar-refractivity contribution is 14.0. The molecular weight excluding hydrogens is 429 g/mol. The van der Waals surface area contributed by atoms with Gasteiger partial charge in [0.1, 0.15) is 0 Å². The summed E-state index contributed by atoms with van der Waals surface area (Å²) in [4.78, 5) is 8.51. The third-order valence-electron chi connectivity index (χ3n) is 3.20. The van der Waals surface area contributed by atoms with Crippen LogP contribution in [0.3, 0.4) is 0 Å². The van der Waals surface area contributed by atoms with E-state index in [9.17, 15) is 0 Å². The summed E-state index contributed by atoms with van der Waals surface area (Å²) in [5, 5.41) is 11.1. The Hall–Kier alpha value is -1.35. The highest BCUT2D eigenvalue weighted by atomic mass is 127. The van der Waals surface area contributed by atoms with Crippen LogP contribution in [0.2, 0.25) is 5.02 Å². The molecule has 0 saturated heterocycles. The molecule has 0 radical (unpaired) electrons. The van der Waals surface area contributed by atoms with Gasteiger partial charge in [-0.05, 0) is 37.6 Å². The molecule has 1 aromatic carbocycles. The molecule has 8 heteroatoms. The lowest BCUT2D eigenvalue weighted by Crippen LogP contribution is -2.41. The van der Waals surface area contributed by atoms with Crippen LogP contribution in [0.25, 0.3) is 11.4 Å². The van der Waals surface area contributed by atoms with E-state index < -0.39 is 0 Å². The molecule has 0 spiro atoms. The first-order valence-corrected chi connectivity index (χ1v) is 7.56. The maximum atomic E-state index is 5.86. The third kappa shape index (κ3) is 5.98. The van der Waals surface area contributed by atoms with Gasteiger partial charge in [0.15, 0.2) is 5.96 Å². The third-order valence-corrected chi connectivity index (χ3v) is 3.45. The van der Waals surface area contributed by atoms with Crippen LogP contribution in [-0.2, 0) is 6.54 Å². The van der Waals surface area contributed by atoms with E-state index in [2.05, 4.69) is 39.6 Å². The summed E-state index contributed by atoms with van der Waals surface area (Å²) in [6.45, 7) is 4.62. The van der Waals surface area contributed by atoms with Crippen molar-refractivity contribution in [2.24, 2.45) is 4.99 Å². The van der Waals surface area contributed by atoms with Gasteiger partial charge in [0.05, 0.1) is 6.54 Å². The molecule has 2 rings (SSSR count). The first-order valence-electron chi connectivity index (χ1n) is 7.18. The van der Waals surface area contributed by atoms with E-state index in [4.69, 9.17) is 16.1 Å². The number of hydrogen-bond acceptors (Lipinski definition) is 4. The maximum Gasteiger partial charge on any atom is 0.246 e. The van der Waals surface area contributed by atoms with Gasteiger partial charge in [-0.3, -0.25) is 4.99 Å². The van der Waals surface area contributed by atoms with Crippen molar-refractivity contribution in [3.8, 4) is 11.4 Å². The van der Waals surface area contributed by atoms with Crippen LogP contribution in [0, 0.1) is 0 Å². The monoisotopic (exact) mass is 449 g/mol. The molecule has 0 aliphatic carbocycles. The van der Waals surface area contributed by atoms with E-state index in [1.165, 1.54) is 0 Å². The number of halogens is 2. The van der Waals surface area contributed by atoms with E-state index in [-0.39, 0.29) is 24.0 Å². The van der Waals surface area contributed by atoms with Crippen molar-refractivity contribution in [2.75, 3.05) is 7.05 Å². The fourth-order valence-electron chi connectivity index (χ4n) is 1.73. The molecule has 2 N–H and O–H groups in total. The van der Waals surface area contributed by atoms with Gasteiger partial charge in [-0.25, -0.2) is 0 Å². The van der Waals surface area contributed by atoms with Crippen molar-refractivity contribution in [3.05, 3.63) is 35.2 Å². The van der Waals surface area contributed by atoms with Crippen LogP contribution < -0.4 is 10.6 Å². The van der Waals surface area contributed by atoms with Crippen molar-refractivity contribution in [3.63, 3.8) is 0 Å². The molecule has 1 aromatic heterocycles. The second-order valence-electron chi connectivity index (χ2n) is 4.90. The standard InChI is InChI=1S/C15H20ClN5O.HI/c1-4-10(2)19-15(17-3)18-9-13-20-14(21-22-13)11-5-7-12(16)8-6-11;/h5-8,10H,4,9H2,1-3H3,(H2,17,18,19);1H. The lowest BCUT2D eigenvalue weighted by Gasteiger charge is -2.15. The smallest absolute Gasteiger partial charge is 0.246 e. The molecule has 0 aliphatic heterocycles. The molecule has 23 heavy (non-hydrogen) atoms. The average molecular weight is 450 g/mol. The Morgan fingerprint density at radius 3 is 2.65 bits per heavy atom. The normalized spacial score (nSPS) is 12.4. The number of guanidine groups is 1. The molecule has 0 fully saturated rings. The molecule has 126 valence electrons. The van der Waals surface area contributed by atoms with E-state index in [1.807, 2.05) is 12.1 Å². The number of benzene rings is 1. The van der Waals surface area contributed by atoms with Gasteiger partial charge in [0, 0.05) is 23.7 Å². The molecule has 2 aromatic rings. The van der Waals surface area contributed by atoms with Gasteiger partial charge in [0.2, 0.25) is 11.7 Å². The predicted molar refractivity (Wildman–Crippen MR) is 103 cm³/mol. The van der Waals surface area contributed by atoms with Gasteiger partial charge in [-0.15, -0.1) is 24.0 Å². The van der Waals surface area contributed by atoms with Gasteiger partial charge in [-0.1, -0.05) is 23.7 Å². The number of aliphatic imine (C=N–C) groups is 1. The summed E-state index contributed by atoms with van der Waals surface area (Å²) in [6, 6.07) is 7.65. The summed E-state index contributed by atoms with van der Waals surface area (Å²) in [5.74, 6) is 1.75. The van der Waals surface area contributed by atoms with Crippen molar-refractivity contribution >= 4 is 41.5 Å². The Morgan fingerprint density at radius 1 is 1.35 bits per heavy atom. The fraction of sp³-hybridized carbons (Fsp3) is 0.400. The van der Waals surface area contributed by atoms with Crippen LogP contribution in [0.5, 0.6) is 0 Å². The lowest BCUT2D eigenvalue weighted by atomic mass is 10.2. The lowest BCUT2D eigenvalue weighted by molar-refractivity contribution is 0.375. The Labute approximate surface area is 158 Å². The quantitative estimate of drug-likeness (QED) is 0.415. The Kier molecular flexibility index (Phi) is 8.32. The minimum atomic E-state index is 0. The molecule has 0 saturated carbocycles. The minimum absolute atomic E-state index is 0. The summed E-state index contributed by atoms with van der Waals surface area (Å²) in [6.07, 6.45) is 1.02. The van der Waals surface area contributed by atoms with Crippen LogP contribution in [-0.4, -0.2) is 29.2 Å². The summed E-state index contributed by atoms with van der Waals surface area (Å²) in [5.41, 5.74) is 0.863. The van der Waals surface area contributed by atoms with Gasteiger partial charge >= 0.3 is 0 Å². The molecule has 0 bridgehead atoms. The number of aromatic nitrogens is 2. The molecule has 0 aliphatic rings.